The number of piperidine rings is 1. The molecule has 4 heteroatoms. The zero-order valence-corrected chi connectivity index (χ0v) is 13.5. The molecule has 0 saturated carbocycles. The molecule has 122 valence electrons. The molecule has 1 amide bonds. The minimum Gasteiger partial charge on any atom is -0.371 e. The van der Waals surface area contributed by atoms with Crippen molar-refractivity contribution in [2.45, 2.75) is 51.0 Å². The van der Waals surface area contributed by atoms with Gasteiger partial charge in [-0.15, -0.1) is 0 Å². The Kier molecular flexibility index (Phi) is 7.23. The topological polar surface area (TPSA) is 58.4 Å². The third-order valence-corrected chi connectivity index (χ3v) is 4.34. The van der Waals surface area contributed by atoms with Gasteiger partial charge in [-0.25, -0.2) is 0 Å². The molecule has 0 aliphatic carbocycles. The summed E-state index contributed by atoms with van der Waals surface area (Å²) in [5.41, 5.74) is 6.75. The first-order chi connectivity index (χ1) is 10.8. The number of hydrogen-bond acceptors (Lipinski definition) is 3. The van der Waals surface area contributed by atoms with Crippen LogP contribution in [0.1, 0.15) is 44.9 Å². The highest BCUT2D eigenvalue weighted by atomic mass is 16.1. The molecule has 0 aromatic heterocycles. The number of benzene rings is 1. The third-order valence-electron chi connectivity index (χ3n) is 4.34. The molecule has 0 unspecified atom stereocenters. The predicted molar refractivity (Wildman–Crippen MR) is 92.0 cm³/mol. The molecule has 1 aliphatic rings. The van der Waals surface area contributed by atoms with Gasteiger partial charge in [-0.3, -0.25) is 4.79 Å². The van der Waals surface area contributed by atoms with Crippen LogP contribution in [0.2, 0.25) is 0 Å². The number of para-hydroxylation sites is 1. The molecule has 0 radical (unpaired) electrons. The third kappa shape index (κ3) is 5.68. The fourth-order valence-corrected chi connectivity index (χ4v) is 3.00. The predicted octanol–water partition coefficient (Wildman–Crippen LogP) is 2.68. The first-order valence-corrected chi connectivity index (χ1v) is 8.59. The van der Waals surface area contributed by atoms with Crippen molar-refractivity contribution in [2.75, 3.05) is 24.5 Å². The smallest absolute Gasteiger partial charge is 0.220 e. The lowest BCUT2D eigenvalue weighted by atomic mass is 10.0. The van der Waals surface area contributed by atoms with E-state index in [-0.39, 0.29) is 5.91 Å². The lowest BCUT2D eigenvalue weighted by Gasteiger charge is -2.34. The van der Waals surface area contributed by atoms with E-state index in [1.165, 1.54) is 5.69 Å². The summed E-state index contributed by atoms with van der Waals surface area (Å²) >= 11 is 0. The van der Waals surface area contributed by atoms with Gasteiger partial charge in [0.25, 0.3) is 0 Å². The number of carbonyl (C=O) groups excluding carboxylic acids is 1. The van der Waals surface area contributed by atoms with Gasteiger partial charge >= 0.3 is 0 Å². The van der Waals surface area contributed by atoms with Crippen molar-refractivity contribution < 1.29 is 4.79 Å². The summed E-state index contributed by atoms with van der Waals surface area (Å²) in [5, 5.41) is 3.19. The number of hydrogen-bond donors (Lipinski definition) is 2. The fourth-order valence-electron chi connectivity index (χ4n) is 3.00. The van der Waals surface area contributed by atoms with Crippen molar-refractivity contribution in [1.82, 2.24) is 5.32 Å². The van der Waals surface area contributed by atoms with Crippen LogP contribution in [-0.2, 0) is 4.79 Å². The Morgan fingerprint density at radius 2 is 1.77 bits per heavy atom. The fraction of sp³-hybridized carbons (Fsp3) is 0.611. The van der Waals surface area contributed by atoms with Crippen LogP contribution in [0.25, 0.3) is 0 Å². The van der Waals surface area contributed by atoms with Crippen LogP contribution in [0.15, 0.2) is 30.3 Å². The SMILES string of the molecule is NCCCCCCC(=O)NC1CCN(c2ccccc2)CC1. The molecule has 1 aromatic rings. The summed E-state index contributed by atoms with van der Waals surface area (Å²) in [6.45, 7) is 2.79. The van der Waals surface area contributed by atoms with Crippen LogP contribution in [-0.4, -0.2) is 31.6 Å². The van der Waals surface area contributed by atoms with E-state index in [4.69, 9.17) is 5.73 Å². The Morgan fingerprint density at radius 1 is 1.09 bits per heavy atom. The average molecular weight is 303 g/mol. The number of nitrogens with two attached hydrogens (primary N) is 1. The summed E-state index contributed by atoms with van der Waals surface area (Å²) in [7, 11) is 0. The van der Waals surface area contributed by atoms with Gasteiger partial charge in [-0.05, 0) is 44.4 Å². The maximum Gasteiger partial charge on any atom is 0.220 e. The van der Waals surface area contributed by atoms with Gasteiger partial charge in [0.15, 0.2) is 0 Å². The summed E-state index contributed by atoms with van der Waals surface area (Å²) in [6, 6.07) is 10.9. The van der Waals surface area contributed by atoms with Crippen molar-refractivity contribution in [1.29, 1.82) is 0 Å². The monoisotopic (exact) mass is 303 g/mol. The maximum absolute atomic E-state index is 11.9. The molecule has 1 heterocycles. The normalized spacial score (nSPS) is 15.8. The van der Waals surface area contributed by atoms with Gasteiger partial charge in [0.1, 0.15) is 0 Å². The minimum absolute atomic E-state index is 0.214. The molecule has 22 heavy (non-hydrogen) atoms. The number of nitrogens with zero attached hydrogens (tertiary/aromatic N) is 1. The van der Waals surface area contributed by atoms with Crippen molar-refractivity contribution >= 4 is 11.6 Å². The van der Waals surface area contributed by atoms with E-state index < -0.39 is 0 Å². The van der Waals surface area contributed by atoms with Gasteiger partial charge in [0.05, 0.1) is 0 Å². The van der Waals surface area contributed by atoms with Crippen molar-refractivity contribution in [3.8, 4) is 0 Å². The van der Waals surface area contributed by atoms with Gasteiger partial charge in [-0.1, -0.05) is 31.0 Å². The second kappa shape index (κ2) is 9.46. The van der Waals surface area contributed by atoms with Crippen LogP contribution in [0.4, 0.5) is 5.69 Å². The van der Waals surface area contributed by atoms with Crippen LogP contribution < -0.4 is 16.0 Å². The first-order valence-electron chi connectivity index (χ1n) is 8.59. The Bertz CT molecular complexity index is 427. The first kappa shape index (κ1) is 16.8. The van der Waals surface area contributed by atoms with Crippen LogP contribution in [0, 0.1) is 0 Å². The quantitative estimate of drug-likeness (QED) is 0.726. The Labute approximate surface area is 134 Å². The zero-order chi connectivity index (χ0) is 15.6. The number of nitrogens with one attached hydrogen (secondary N) is 1. The lowest BCUT2D eigenvalue weighted by molar-refractivity contribution is -0.122. The molecule has 0 atom stereocenters. The van der Waals surface area contributed by atoms with Gasteiger partial charge < -0.3 is 16.0 Å². The van der Waals surface area contributed by atoms with Gasteiger partial charge in [0, 0.05) is 31.2 Å². The van der Waals surface area contributed by atoms with Crippen LogP contribution in [0.5, 0.6) is 0 Å². The van der Waals surface area contributed by atoms with Crippen molar-refractivity contribution in [2.24, 2.45) is 5.73 Å². The largest absolute Gasteiger partial charge is 0.371 e. The van der Waals surface area contributed by atoms with E-state index in [9.17, 15) is 4.79 Å². The van der Waals surface area contributed by atoms with E-state index in [0.717, 1.165) is 58.2 Å². The van der Waals surface area contributed by atoms with E-state index in [0.29, 0.717) is 12.5 Å². The molecule has 1 aromatic carbocycles. The molecule has 4 nitrogen and oxygen atoms in total. The molecule has 1 aliphatic heterocycles. The molecule has 3 N–H and O–H groups in total. The molecule has 0 spiro atoms. The second-order valence-electron chi connectivity index (χ2n) is 6.12. The molecule has 2 rings (SSSR count). The molecule has 1 saturated heterocycles. The van der Waals surface area contributed by atoms with Gasteiger partial charge in [-0.2, -0.15) is 0 Å². The van der Waals surface area contributed by atoms with Crippen molar-refractivity contribution in [3.63, 3.8) is 0 Å². The summed E-state index contributed by atoms with van der Waals surface area (Å²) < 4.78 is 0. The highest BCUT2D eigenvalue weighted by Crippen LogP contribution is 2.19. The Hall–Kier alpha value is -1.55. The average Bonchev–Trinajstić information content (AvgIpc) is 2.56. The zero-order valence-electron chi connectivity index (χ0n) is 13.5. The number of rotatable bonds is 8. The van der Waals surface area contributed by atoms with Crippen LogP contribution >= 0.6 is 0 Å². The number of amides is 1. The highest BCUT2D eigenvalue weighted by molar-refractivity contribution is 5.76. The second-order valence-corrected chi connectivity index (χ2v) is 6.12. The number of anilines is 1. The van der Waals surface area contributed by atoms with E-state index in [1.54, 1.807) is 0 Å². The number of unbranched alkanes of at least 4 members (excludes halogenated alkanes) is 3. The molecular weight excluding hydrogens is 274 g/mol. The van der Waals surface area contributed by atoms with E-state index in [1.807, 2.05) is 6.07 Å². The van der Waals surface area contributed by atoms with E-state index >= 15 is 0 Å². The summed E-state index contributed by atoms with van der Waals surface area (Å²) in [4.78, 5) is 14.3. The van der Waals surface area contributed by atoms with E-state index in [2.05, 4.69) is 34.5 Å². The standard InChI is InChI=1S/C18H29N3O/c19-13-7-2-1-6-10-18(22)20-16-11-14-21(15-12-16)17-8-4-3-5-9-17/h3-5,8-9,16H,1-2,6-7,10-15,19H2,(H,20,22). The Morgan fingerprint density at radius 3 is 2.45 bits per heavy atom. The van der Waals surface area contributed by atoms with Gasteiger partial charge in [0.2, 0.25) is 5.91 Å². The Balaban J connectivity index is 1.62. The highest BCUT2D eigenvalue weighted by Gasteiger charge is 2.20. The molecule has 0 bridgehead atoms. The molecule has 1 fully saturated rings. The minimum atomic E-state index is 0.214. The summed E-state index contributed by atoms with van der Waals surface area (Å²) in [5.74, 6) is 0.214. The summed E-state index contributed by atoms with van der Waals surface area (Å²) in [6.07, 6.45) is 7.02. The van der Waals surface area contributed by atoms with Crippen molar-refractivity contribution in [3.05, 3.63) is 30.3 Å². The number of carbonyl (C=O) groups is 1. The lowest BCUT2D eigenvalue weighted by Crippen LogP contribution is -2.44. The maximum atomic E-state index is 11.9. The molecular formula is C18H29N3O. The van der Waals surface area contributed by atoms with Crippen LogP contribution in [0.3, 0.4) is 0 Å².